The molecule has 6 rings (SSSR count). The number of phenols is 1. The molecule has 1 N–H and O–H groups in total. The van der Waals surface area contributed by atoms with E-state index in [9.17, 15) is 5.11 Å². The second-order valence-electron chi connectivity index (χ2n) is 10.1. The van der Waals surface area contributed by atoms with E-state index >= 15 is 0 Å². The van der Waals surface area contributed by atoms with Gasteiger partial charge in [0, 0.05) is 4.47 Å². The average Bonchev–Trinajstić information content (AvgIpc) is 3.75. The third-order valence-electron chi connectivity index (χ3n) is 6.38. The molecule has 10 heteroatoms. The number of phenolic OH excluding ortho intramolecular Hbond substituents is 1. The van der Waals surface area contributed by atoms with Crippen LogP contribution in [0.3, 0.4) is 0 Å². The maximum Gasteiger partial charge on any atom is 2.00 e. The molecule has 0 atom stereocenters. The Morgan fingerprint density at radius 2 is 1.10 bits per heavy atom. The van der Waals surface area contributed by atoms with Crippen molar-refractivity contribution < 1.29 is 31.6 Å². The van der Waals surface area contributed by atoms with E-state index in [1.54, 1.807) is 20.3 Å². The van der Waals surface area contributed by atoms with Crippen molar-refractivity contribution in [2.45, 2.75) is 71.1 Å². The fourth-order valence-corrected chi connectivity index (χ4v) is 4.24. The molecule has 3 aromatic rings. The van der Waals surface area contributed by atoms with Gasteiger partial charge < -0.3 is 38.0 Å². The Labute approximate surface area is 313 Å². The molecule has 0 spiro atoms. The molecule has 0 aliphatic heterocycles. The molecular weight excluding hydrogens is 867 g/mol. The summed E-state index contributed by atoms with van der Waals surface area (Å²) in [7, 11) is 3.40. The number of rotatable bonds is 4. The van der Waals surface area contributed by atoms with Crippen molar-refractivity contribution in [3.63, 3.8) is 0 Å². The van der Waals surface area contributed by atoms with Crippen LogP contribution in [-0.4, -0.2) is 45.6 Å². The van der Waals surface area contributed by atoms with Crippen LogP contribution >= 0.6 is 63.2 Å². The minimum atomic E-state index is 0. The van der Waals surface area contributed by atoms with E-state index in [1.165, 1.54) is 55.2 Å². The first-order valence-corrected chi connectivity index (χ1v) is 17.1. The number of hydrogen-bond acceptors (Lipinski definition) is 3. The van der Waals surface area contributed by atoms with Gasteiger partial charge in [-0.25, -0.2) is 12.8 Å². The van der Waals surface area contributed by atoms with Gasteiger partial charge in [-0.2, -0.15) is 0 Å². The van der Waals surface area contributed by atoms with E-state index in [0.29, 0.717) is 5.75 Å². The Balaban J connectivity index is 0.000000528. The molecule has 0 radical (unpaired) electrons. The van der Waals surface area contributed by atoms with Gasteiger partial charge in [0.15, 0.2) is 0 Å². The number of aryl methyl sites for hydroxylation is 3. The Kier molecular flexibility index (Phi) is 22.9. The summed E-state index contributed by atoms with van der Waals surface area (Å²) >= 11 is 12.7. The zero-order valence-electron chi connectivity index (χ0n) is 25.1. The van der Waals surface area contributed by atoms with Crippen LogP contribution in [0.5, 0.6) is 17.2 Å². The van der Waals surface area contributed by atoms with Crippen LogP contribution in [0, 0.1) is 27.2 Å². The van der Waals surface area contributed by atoms with Crippen LogP contribution in [0.1, 0.15) is 78.2 Å². The van der Waals surface area contributed by atoms with Crippen LogP contribution in [0.25, 0.3) is 0 Å². The van der Waals surface area contributed by atoms with Gasteiger partial charge in [0.25, 0.3) is 0 Å². The van der Waals surface area contributed by atoms with Gasteiger partial charge in [0.05, 0.1) is 14.2 Å². The molecule has 3 aromatic carbocycles. The standard InChI is InChI=1S/C11H14O.C10H12O.C8H9BrO.C3H5.BBr3.BrH.Mg/c1-8-7-10(9-3-4-9)5-6-11(8)12-2;1-7-6-9(8-2-3-8)4-5-10(7)11;1-6-5-7(9)3-4-8(6)10-2;1-2-3-1;2-1(3)4;;/h5-7,9H,3-4H2,1-2H3;4-6,8,11H,2-3H2,1H3;3-5H,1-2H3;1H,2-3H2;;1H;/q;;;-1;;;+2/p-1. The number of ether oxygens (including phenoxy) is 2. The zero-order valence-corrected chi connectivity index (χ0v) is 34.5. The maximum atomic E-state index is 9.25. The quantitative estimate of drug-likeness (QED) is 0.213. The largest absolute Gasteiger partial charge is 2.00 e. The number of methoxy groups -OCH3 is 2. The second kappa shape index (κ2) is 22.7. The predicted molar refractivity (Wildman–Crippen MR) is 192 cm³/mol. The number of benzene rings is 3. The summed E-state index contributed by atoms with van der Waals surface area (Å²) in [6.07, 6.45) is 10.4. The van der Waals surface area contributed by atoms with Gasteiger partial charge in [-0.1, -0.05) is 40.2 Å². The van der Waals surface area contributed by atoms with Gasteiger partial charge in [0.2, 0.25) is 0 Å². The summed E-state index contributed by atoms with van der Waals surface area (Å²) < 4.78 is 11.6. The number of hydrogen-bond donors (Lipinski definition) is 1. The predicted octanol–water partition coefficient (Wildman–Crippen LogP) is 7.99. The molecule has 3 aliphatic rings. The topological polar surface area (TPSA) is 38.7 Å². The Morgan fingerprint density at radius 1 is 0.714 bits per heavy atom. The molecule has 3 saturated carbocycles. The maximum absolute atomic E-state index is 9.25. The number of aromatic hydroxyl groups is 1. The SMILES string of the molecule is BrB(Br)Br.COc1ccc(Br)cc1C.COc1ccc(C2CC2)cc1C.Cc1cc(C2CC2)ccc1O.[Br-].[CH-]1CC1.[Mg+2]. The summed E-state index contributed by atoms with van der Waals surface area (Å²) in [5.41, 5.74) is 6.27. The van der Waals surface area contributed by atoms with Gasteiger partial charge in [-0.05, 0) is 116 Å². The first kappa shape index (κ1) is 42.3. The van der Waals surface area contributed by atoms with Crippen LogP contribution in [0.2, 0.25) is 0 Å². The van der Waals surface area contributed by atoms with E-state index in [1.807, 2.05) is 38.1 Å². The fraction of sp³-hybridized carbons (Fsp3) is 0.406. The molecule has 0 bridgehead atoms. The molecule has 226 valence electrons. The third-order valence-corrected chi connectivity index (χ3v) is 6.88. The van der Waals surface area contributed by atoms with Crippen molar-refractivity contribution in [3.8, 4) is 17.2 Å². The summed E-state index contributed by atoms with van der Waals surface area (Å²) in [6, 6.07) is 18.4. The second-order valence-corrected chi connectivity index (χ2v) is 17.4. The summed E-state index contributed by atoms with van der Waals surface area (Å²) in [5.74, 6) is 3.97. The number of halogens is 5. The Morgan fingerprint density at radius 3 is 1.43 bits per heavy atom. The van der Waals surface area contributed by atoms with Crippen molar-refractivity contribution >= 4 is 89.4 Å². The minimum absolute atomic E-state index is 0. The smallest absolute Gasteiger partial charge is 1.00 e. The molecule has 3 fully saturated rings. The molecule has 0 heterocycles. The van der Waals surface area contributed by atoms with Crippen LogP contribution < -0.4 is 26.5 Å². The normalized spacial score (nSPS) is 13.6. The first-order chi connectivity index (χ1) is 19.0. The Bertz CT molecular complexity index is 1180. The molecule has 0 saturated heterocycles. The fourth-order valence-electron chi connectivity index (χ4n) is 3.76. The van der Waals surface area contributed by atoms with Crippen LogP contribution in [0.15, 0.2) is 59.1 Å². The molecule has 42 heavy (non-hydrogen) atoms. The molecule has 0 aromatic heterocycles. The van der Waals surface area contributed by atoms with Crippen LogP contribution in [-0.2, 0) is 0 Å². The van der Waals surface area contributed by atoms with Crippen molar-refractivity contribution in [2.75, 3.05) is 14.2 Å². The van der Waals surface area contributed by atoms with Crippen molar-refractivity contribution in [1.29, 1.82) is 0 Å². The summed E-state index contributed by atoms with van der Waals surface area (Å²) in [4.78, 5) is 0. The van der Waals surface area contributed by atoms with Crippen LogP contribution in [0.4, 0.5) is 0 Å². The summed E-state index contributed by atoms with van der Waals surface area (Å²) in [5, 5.41) is 9.25. The van der Waals surface area contributed by atoms with E-state index < -0.39 is 0 Å². The monoisotopic (exact) mass is 902 g/mol. The average molecular weight is 907 g/mol. The van der Waals surface area contributed by atoms with Crippen molar-refractivity contribution in [3.05, 3.63) is 93.3 Å². The van der Waals surface area contributed by atoms with E-state index in [0.717, 1.165) is 38.9 Å². The van der Waals surface area contributed by atoms with Gasteiger partial charge in [0.1, 0.15) is 17.2 Å². The van der Waals surface area contributed by atoms with E-state index in [-0.39, 0.29) is 43.2 Å². The van der Waals surface area contributed by atoms with Gasteiger partial charge in [-0.3, -0.25) is 0 Å². The van der Waals surface area contributed by atoms with Crippen molar-refractivity contribution in [2.24, 2.45) is 0 Å². The molecule has 0 unspecified atom stereocenters. The molecular formula is C32H40BBr5MgO3. The first-order valence-electron chi connectivity index (χ1n) is 13.5. The van der Waals surface area contributed by atoms with Crippen molar-refractivity contribution in [1.82, 2.24) is 0 Å². The van der Waals surface area contributed by atoms with Gasteiger partial charge >= 0.3 is 26.2 Å². The molecule has 3 nitrogen and oxygen atoms in total. The van der Waals surface area contributed by atoms with E-state index in [4.69, 9.17) is 9.47 Å². The Hall–Kier alpha value is 0.291. The zero-order chi connectivity index (χ0) is 29.7. The minimum Gasteiger partial charge on any atom is -1.00 e. The summed E-state index contributed by atoms with van der Waals surface area (Å²) in [6.45, 7) is 6.06. The molecule has 3 aliphatic carbocycles. The molecule has 0 amide bonds. The third kappa shape index (κ3) is 18.3. The van der Waals surface area contributed by atoms with Gasteiger partial charge in [-0.15, -0.1) is 47.3 Å². The van der Waals surface area contributed by atoms with E-state index in [2.05, 4.69) is 101 Å².